The van der Waals surface area contributed by atoms with Gasteiger partial charge in [0.2, 0.25) is 15.9 Å². The number of hydrogen-bond donors (Lipinski definition) is 2. The first-order valence-electron chi connectivity index (χ1n) is 9.78. The molecule has 0 spiro atoms. The molecule has 0 bridgehead atoms. The predicted molar refractivity (Wildman–Crippen MR) is 112 cm³/mol. The normalized spacial score (nSPS) is 13.6. The van der Waals surface area contributed by atoms with Crippen LogP contribution in [-0.4, -0.2) is 62.8 Å². The van der Waals surface area contributed by atoms with Crippen molar-refractivity contribution in [2.24, 2.45) is 5.92 Å². The number of hydrogen-bond acceptors (Lipinski definition) is 6. The van der Waals surface area contributed by atoms with Crippen LogP contribution in [0.1, 0.15) is 45.0 Å². The zero-order valence-corrected chi connectivity index (χ0v) is 19.1. The first-order valence-corrected chi connectivity index (χ1v) is 11.2. The van der Waals surface area contributed by atoms with Crippen molar-refractivity contribution in [3.63, 3.8) is 0 Å². The van der Waals surface area contributed by atoms with Crippen molar-refractivity contribution in [2.75, 3.05) is 20.2 Å². The number of carbonyl (C=O) groups excluding carboxylic acids is 3. The molecule has 0 aromatic heterocycles. The number of nitrogens with one attached hydrogen (secondary N) is 2. The molecule has 0 radical (unpaired) electrons. The highest BCUT2D eigenvalue weighted by atomic mass is 32.2. The number of rotatable bonds is 10. The van der Waals surface area contributed by atoms with Gasteiger partial charge in [-0.15, -0.1) is 0 Å². The average Bonchev–Trinajstić information content (AvgIpc) is 2.71. The maximum absolute atomic E-state index is 12.7. The summed E-state index contributed by atoms with van der Waals surface area (Å²) in [6, 6.07) is 3.87. The Labute approximate surface area is 178 Å². The van der Waals surface area contributed by atoms with Gasteiger partial charge in [-0.3, -0.25) is 9.59 Å². The second-order valence-corrected chi connectivity index (χ2v) is 9.00. The summed E-state index contributed by atoms with van der Waals surface area (Å²) < 4.78 is 31.3. The molecular weight excluding hydrogens is 410 g/mol. The van der Waals surface area contributed by atoms with Crippen molar-refractivity contribution in [3.05, 3.63) is 29.8 Å². The Kier molecular flexibility index (Phi) is 9.44. The van der Waals surface area contributed by atoms with Crippen LogP contribution in [0, 0.1) is 5.92 Å². The fourth-order valence-corrected chi connectivity index (χ4v) is 4.31. The third-order valence-electron chi connectivity index (χ3n) is 4.59. The zero-order valence-electron chi connectivity index (χ0n) is 18.3. The van der Waals surface area contributed by atoms with E-state index in [1.165, 1.54) is 42.6 Å². The fraction of sp³-hybridized carbons (Fsp3) is 0.550. The molecule has 0 saturated carbocycles. The van der Waals surface area contributed by atoms with Gasteiger partial charge < -0.3 is 15.4 Å². The van der Waals surface area contributed by atoms with Crippen LogP contribution in [0.25, 0.3) is 0 Å². The molecule has 10 heteroatoms. The van der Waals surface area contributed by atoms with E-state index in [1.54, 1.807) is 27.7 Å². The van der Waals surface area contributed by atoms with E-state index in [1.807, 2.05) is 0 Å². The lowest BCUT2D eigenvalue weighted by Gasteiger charge is -2.23. The van der Waals surface area contributed by atoms with E-state index in [2.05, 4.69) is 15.4 Å². The van der Waals surface area contributed by atoms with Crippen molar-refractivity contribution < 1.29 is 27.5 Å². The summed E-state index contributed by atoms with van der Waals surface area (Å²) in [5.74, 6) is -2.01. The lowest BCUT2D eigenvalue weighted by molar-refractivity contribution is -0.144. The number of benzene rings is 1. The minimum Gasteiger partial charge on any atom is -0.467 e. The summed E-state index contributed by atoms with van der Waals surface area (Å²) in [4.78, 5) is 36.8. The van der Waals surface area contributed by atoms with E-state index < -0.39 is 39.9 Å². The van der Waals surface area contributed by atoms with E-state index >= 15 is 0 Å². The molecule has 30 heavy (non-hydrogen) atoms. The van der Waals surface area contributed by atoms with Crippen LogP contribution in [-0.2, 0) is 24.3 Å². The molecule has 168 valence electrons. The number of methoxy groups -OCH3 is 1. The van der Waals surface area contributed by atoms with Crippen LogP contribution in [0.3, 0.4) is 0 Å². The lowest BCUT2D eigenvalue weighted by Crippen LogP contribution is -2.53. The van der Waals surface area contributed by atoms with Gasteiger partial charge in [0.15, 0.2) is 0 Å². The Bertz CT molecular complexity index is 865. The Morgan fingerprint density at radius 2 is 1.67 bits per heavy atom. The minimum absolute atomic E-state index is 0.00344. The SMILES string of the molecule is CCN(CC)S(=O)(=O)c1cccc(C(=O)NC(C(=O)NC(C)C(=O)OC)C(C)C)c1. The van der Waals surface area contributed by atoms with Crippen LogP contribution in [0.2, 0.25) is 0 Å². The fourth-order valence-electron chi connectivity index (χ4n) is 2.81. The first-order chi connectivity index (χ1) is 14.0. The maximum Gasteiger partial charge on any atom is 0.328 e. The van der Waals surface area contributed by atoms with Gasteiger partial charge in [0, 0.05) is 18.7 Å². The summed E-state index contributed by atoms with van der Waals surface area (Å²) in [7, 11) is -2.51. The largest absolute Gasteiger partial charge is 0.467 e. The molecular formula is C20H31N3O6S. The number of carbonyl (C=O) groups is 3. The second kappa shape index (κ2) is 11.1. The summed E-state index contributed by atoms with van der Waals surface area (Å²) in [5, 5.41) is 5.12. The molecule has 1 aromatic carbocycles. The van der Waals surface area contributed by atoms with Gasteiger partial charge in [-0.05, 0) is 31.0 Å². The Morgan fingerprint density at radius 1 is 1.07 bits per heavy atom. The Morgan fingerprint density at radius 3 is 2.17 bits per heavy atom. The maximum atomic E-state index is 12.7. The molecule has 9 nitrogen and oxygen atoms in total. The summed E-state index contributed by atoms with van der Waals surface area (Å²) in [5.41, 5.74) is 0.114. The number of sulfonamides is 1. The molecule has 2 amide bonds. The molecule has 1 rings (SSSR count). The third-order valence-corrected chi connectivity index (χ3v) is 6.63. The van der Waals surface area contributed by atoms with Crippen LogP contribution >= 0.6 is 0 Å². The highest BCUT2D eigenvalue weighted by molar-refractivity contribution is 7.89. The van der Waals surface area contributed by atoms with E-state index in [9.17, 15) is 22.8 Å². The molecule has 0 aliphatic rings. The molecule has 2 unspecified atom stereocenters. The minimum atomic E-state index is -3.72. The Hall–Kier alpha value is -2.46. The van der Waals surface area contributed by atoms with Crippen LogP contribution in [0.5, 0.6) is 0 Å². The van der Waals surface area contributed by atoms with Gasteiger partial charge in [-0.1, -0.05) is 33.8 Å². The lowest BCUT2D eigenvalue weighted by atomic mass is 10.0. The Balaban J connectivity index is 3.07. The zero-order chi connectivity index (χ0) is 23.1. The highest BCUT2D eigenvalue weighted by Gasteiger charge is 2.28. The van der Waals surface area contributed by atoms with Crippen LogP contribution < -0.4 is 10.6 Å². The topological polar surface area (TPSA) is 122 Å². The quantitative estimate of drug-likeness (QED) is 0.525. The van der Waals surface area contributed by atoms with Crippen molar-refractivity contribution >= 4 is 27.8 Å². The summed E-state index contributed by atoms with van der Waals surface area (Å²) in [6.45, 7) is 9.05. The molecule has 1 aromatic rings. The second-order valence-electron chi connectivity index (χ2n) is 7.07. The molecule has 0 aliphatic carbocycles. The van der Waals surface area contributed by atoms with Crippen molar-refractivity contribution in [2.45, 2.75) is 51.6 Å². The van der Waals surface area contributed by atoms with Crippen LogP contribution in [0.15, 0.2) is 29.2 Å². The molecule has 2 N–H and O–H groups in total. The van der Waals surface area contributed by atoms with Crippen LogP contribution in [0.4, 0.5) is 0 Å². The molecule has 0 heterocycles. The molecule has 2 atom stereocenters. The van der Waals surface area contributed by atoms with Gasteiger partial charge >= 0.3 is 5.97 Å². The number of ether oxygens (including phenoxy) is 1. The smallest absolute Gasteiger partial charge is 0.328 e. The number of esters is 1. The molecule has 0 saturated heterocycles. The summed E-state index contributed by atoms with van der Waals surface area (Å²) in [6.07, 6.45) is 0. The third kappa shape index (κ3) is 6.27. The number of amides is 2. The first kappa shape index (κ1) is 25.6. The predicted octanol–water partition coefficient (Wildman–Crippen LogP) is 1.15. The van der Waals surface area contributed by atoms with Gasteiger partial charge in [-0.25, -0.2) is 13.2 Å². The van der Waals surface area contributed by atoms with E-state index in [0.717, 1.165) is 0 Å². The average molecular weight is 442 g/mol. The standard InChI is InChI=1S/C20H31N3O6S/c1-7-23(8-2)30(27,28)16-11-9-10-15(12-16)18(24)22-17(13(3)4)19(25)21-14(5)20(26)29-6/h9-14,17H,7-8H2,1-6H3,(H,21,25)(H,22,24). The van der Waals surface area contributed by atoms with E-state index in [0.29, 0.717) is 13.1 Å². The van der Waals surface area contributed by atoms with E-state index in [4.69, 9.17) is 0 Å². The van der Waals surface area contributed by atoms with Crippen molar-refractivity contribution in [1.29, 1.82) is 0 Å². The van der Waals surface area contributed by atoms with Gasteiger partial charge in [-0.2, -0.15) is 4.31 Å². The van der Waals surface area contributed by atoms with Crippen molar-refractivity contribution in [3.8, 4) is 0 Å². The van der Waals surface area contributed by atoms with Crippen molar-refractivity contribution in [1.82, 2.24) is 14.9 Å². The van der Waals surface area contributed by atoms with Gasteiger partial charge in [0.1, 0.15) is 12.1 Å². The highest BCUT2D eigenvalue weighted by Crippen LogP contribution is 2.17. The van der Waals surface area contributed by atoms with Gasteiger partial charge in [0.25, 0.3) is 5.91 Å². The monoisotopic (exact) mass is 441 g/mol. The summed E-state index contributed by atoms with van der Waals surface area (Å²) >= 11 is 0. The molecule has 0 fully saturated rings. The molecule has 0 aliphatic heterocycles. The van der Waals surface area contributed by atoms with E-state index in [-0.39, 0.29) is 16.4 Å². The number of nitrogens with zero attached hydrogens (tertiary/aromatic N) is 1. The van der Waals surface area contributed by atoms with Gasteiger partial charge in [0.05, 0.1) is 12.0 Å².